The van der Waals surface area contributed by atoms with Crippen LogP contribution in [0, 0.1) is 6.92 Å². The van der Waals surface area contributed by atoms with Gasteiger partial charge >= 0.3 is 0 Å². The molecular weight excluding hydrogens is 292 g/mol. The van der Waals surface area contributed by atoms with Gasteiger partial charge < -0.3 is 10.1 Å². The standard InChI is InChI=1S/C17H22N4O2/c1-12-6-5-9-14(10-12)21-15(11-23-2)16(19-20-21)17(22)18-13-7-3-4-8-13/h5-6,9-10,13H,3-4,7-8,11H2,1-2H3,(H,18,22). The summed E-state index contributed by atoms with van der Waals surface area (Å²) in [6, 6.07) is 8.18. The maximum Gasteiger partial charge on any atom is 0.274 e. The fourth-order valence-electron chi connectivity index (χ4n) is 3.04. The molecule has 3 rings (SSSR count). The predicted octanol–water partition coefficient (Wildman–Crippen LogP) is 2.39. The maximum absolute atomic E-state index is 12.5. The topological polar surface area (TPSA) is 69.0 Å². The van der Waals surface area contributed by atoms with Gasteiger partial charge in [0.1, 0.15) is 5.69 Å². The number of carbonyl (C=O) groups excluding carboxylic acids is 1. The highest BCUT2D eigenvalue weighted by Crippen LogP contribution is 2.19. The largest absolute Gasteiger partial charge is 0.378 e. The Morgan fingerprint density at radius 2 is 2.17 bits per heavy atom. The van der Waals surface area contributed by atoms with E-state index in [-0.39, 0.29) is 18.6 Å². The van der Waals surface area contributed by atoms with Crippen LogP contribution in [0.4, 0.5) is 0 Å². The number of hydrogen-bond donors (Lipinski definition) is 1. The fourth-order valence-corrected chi connectivity index (χ4v) is 3.04. The van der Waals surface area contributed by atoms with E-state index >= 15 is 0 Å². The zero-order valence-electron chi connectivity index (χ0n) is 13.6. The van der Waals surface area contributed by atoms with Crippen molar-refractivity contribution in [3.8, 4) is 5.69 Å². The number of carbonyl (C=O) groups is 1. The van der Waals surface area contributed by atoms with E-state index in [1.165, 1.54) is 12.8 Å². The van der Waals surface area contributed by atoms with Crippen LogP contribution in [-0.4, -0.2) is 34.1 Å². The van der Waals surface area contributed by atoms with Gasteiger partial charge in [-0.2, -0.15) is 0 Å². The molecule has 0 spiro atoms. The van der Waals surface area contributed by atoms with Gasteiger partial charge in [0, 0.05) is 13.2 Å². The minimum absolute atomic E-state index is 0.164. The van der Waals surface area contributed by atoms with E-state index in [0.717, 1.165) is 24.1 Å². The summed E-state index contributed by atoms with van der Waals surface area (Å²) in [6.07, 6.45) is 4.42. The second kappa shape index (κ2) is 6.91. The Labute approximate surface area is 135 Å². The molecule has 1 aliphatic carbocycles. The van der Waals surface area contributed by atoms with Gasteiger partial charge in [-0.3, -0.25) is 4.79 Å². The molecule has 0 radical (unpaired) electrons. The molecule has 1 aromatic carbocycles. The molecule has 2 aromatic rings. The van der Waals surface area contributed by atoms with Gasteiger partial charge in [0.15, 0.2) is 5.69 Å². The van der Waals surface area contributed by atoms with E-state index in [9.17, 15) is 4.79 Å². The Kier molecular flexibility index (Phi) is 4.71. The smallest absolute Gasteiger partial charge is 0.274 e. The number of benzene rings is 1. The van der Waals surface area contributed by atoms with Crippen LogP contribution >= 0.6 is 0 Å². The number of hydrogen-bond acceptors (Lipinski definition) is 4. The van der Waals surface area contributed by atoms with Gasteiger partial charge in [0.05, 0.1) is 12.3 Å². The van der Waals surface area contributed by atoms with Gasteiger partial charge in [-0.25, -0.2) is 4.68 Å². The van der Waals surface area contributed by atoms with Crippen molar-refractivity contribution in [2.24, 2.45) is 0 Å². The van der Waals surface area contributed by atoms with E-state index in [1.807, 2.05) is 31.2 Å². The molecule has 1 amide bonds. The summed E-state index contributed by atoms with van der Waals surface area (Å²) in [5.41, 5.74) is 3.02. The Morgan fingerprint density at radius 1 is 1.39 bits per heavy atom. The number of rotatable bonds is 5. The van der Waals surface area contributed by atoms with Gasteiger partial charge in [-0.1, -0.05) is 30.2 Å². The minimum atomic E-state index is -0.164. The Morgan fingerprint density at radius 3 is 2.87 bits per heavy atom. The fraction of sp³-hybridized carbons (Fsp3) is 0.471. The third-order valence-electron chi connectivity index (χ3n) is 4.20. The molecule has 6 heteroatoms. The van der Waals surface area contributed by atoms with Crippen LogP contribution in [-0.2, 0) is 11.3 Å². The quantitative estimate of drug-likeness (QED) is 0.920. The number of nitrogens with zero attached hydrogens (tertiary/aromatic N) is 3. The first-order chi connectivity index (χ1) is 11.2. The Bertz CT molecular complexity index is 690. The monoisotopic (exact) mass is 314 g/mol. The van der Waals surface area contributed by atoms with Crippen LogP contribution in [0.2, 0.25) is 0 Å². The van der Waals surface area contributed by atoms with E-state index in [0.29, 0.717) is 11.4 Å². The molecule has 1 aromatic heterocycles. The second-order valence-corrected chi connectivity index (χ2v) is 6.02. The van der Waals surface area contributed by atoms with E-state index in [4.69, 9.17) is 4.74 Å². The van der Waals surface area contributed by atoms with Crippen LogP contribution in [0.15, 0.2) is 24.3 Å². The molecule has 1 aliphatic rings. The zero-order chi connectivity index (χ0) is 16.2. The molecule has 0 saturated heterocycles. The molecule has 23 heavy (non-hydrogen) atoms. The summed E-state index contributed by atoms with van der Waals surface area (Å²) in [5, 5.41) is 11.3. The summed E-state index contributed by atoms with van der Waals surface area (Å²) < 4.78 is 6.94. The van der Waals surface area contributed by atoms with Gasteiger partial charge in [0.25, 0.3) is 5.91 Å². The molecular formula is C17H22N4O2. The minimum Gasteiger partial charge on any atom is -0.378 e. The van der Waals surface area contributed by atoms with Crippen LogP contribution in [0.3, 0.4) is 0 Å². The summed E-state index contributed by atoms with van der Waals surface area (Å²) in [5.74, 6) is -0.164. The highest BCUT2D eigenvalue weighted by atomic mass is 16.5. The SMILES string of the molecule is COCc1c(C(=O)NC2CCCC2)nnn1-c1cccc(C)c1. The molecule has 1 fully saturated rings. The van der Waals surface area contributed by atoms with Crippen molar-refractivity contribution < 1.29 is 9.53 Å². The van der Waals surface area contributed by atoms with Crippen LogP contribution in [0.5, 0.6) is 0 Å². The zero-order valence-corrected chi connectivity index (χ0v) is 13.6. The Balaban J connectivity index is 1.90. The number of nitrogens with one attached hydrogen (secondary N) is 1. The third-order valence-corrected chi connectivity index (χ3v) is 4.20. The first-order valence-corrected chi connectivity index (χ1v) is 8.00. The van der Waals surface area contributed by atoms with Crippen molar-refractivity contribution in [2.75, 3.05) is 7.11 Å². The summed E-state index contributed by atoms with van der Waals surface area (Å²) in [6.45, 7) is 2.30. The Hall–Kier alpha value is -2.21. The first-order valence-electron chi connectivity index (χ1n) is 8.00. The number of methoxy groups -OCH3 is 1. The molecule has 122 valence electrons. The lowest BCUT2D eigenvalue weighted by Crippen LogP contribution is -2.33. The molecule has 1 heterocycles. The molecule has 0 atom stereocenters. The molecule has 6 nitrogen and oxygen atoms in total. The van der Waals surface area contributed by atoms with Crippen LogP contribution < -0.4 is 5.32 Å². The normalized spacial score (nSPS) is 15.0. The third kappa shape index (κ3) is 3.42. The maximum atomic E-state index is 12.5. The molecule has 1 N–H and O–H groups in total. The number of aryl methyl sites for hydroxylation is 1. The van der Waals surface area contributed by atoms with E-state index < -0.39 is 0 Å². The van der Waals surface area contributed by atoms with Gasteiger partial charge in [-0.15, -0.1) is 5.10 Å². The van der Waals surface area contributed by atoms with Gasteiger partial charge in [0.2, 0.25) is 0 Å². The van der Waals surface area contributed by atoms with Crippen LogP contribution in [0.1, 0.15) is 47.4 Å². The molecule has 0 unspecified atom stereocenters. The summed E-state index contributed by atoms with van der Waals surface area (Å²) in [7, 11) is 1.60. The van der Waals surface area contributed by atoms with Crippen molar-refractivity contribution in [3.05, 3.63) is 41.2 Å². The van der Waals surface area contributed by atoms with E-state index in [2.05, 4.69) is 15.6 Å². The van der Waals surface area contributed by atoms with Crippen LogP contribution in [0.25, 0.3) is 5.69 Å². The number of aromatic nitrogens is 3. The van der Waals surface area contributed by atoms with Crippen molar-refractivity contribution in [1.29, 1.82) is 0 Å². The van der Waals surface area contributed by atoms with Crippen molar-refractivity contribution in [1.82, 2.24) is 20.3 Å². The number of amides is 1. The highest BCUT2D eigenvalue weighted by Gasteiger charge is 2.24. The lowest BCUT2D eigenvalue weighted by molar-refractivity contribution is 0.0927. The highest BCUT2D eigenvalue weighted by molar-refractivity contribution is 5.93. The van der Waals surface area contributed by atoms with Crippen molar-refractivity contribution in [2.45, 2.75) is 45.3 Å². The molecule has 1 saturated carbocycles. The predicted molar refractivity (Wildman–Crippen MR) is 86.5 cm³/mol. The average Bonchev–Trinajstić information content (AvgIpc) is 3.17. The first kappa shape index (κ1) is 15.7. The summed E-state index contributed by atoms with van der Waals surface area (Å²) >= 11 is 0. The van der Waals surface area contributed by atoms with Crippen molar-refractivity contribution in [3.63, 3.8) is 0 Å². The number of ether oxygens (including phenoxy) is 1. The van der Waals surface area contributed by atoms with Gasteiger partial charge in [-0.05, 0) is 37.5 Å². The lowest BCUT2D eigenvalue weighted by Gasteiger charge is -2.12. The second-order valence-electron chi connectivity index (χ2n) is 6.02. The lowest BCUT2D eigenvalue weighted by atomic mass is 10.2. The van der Waals surface area contributed by atoms with E-state index in [1.54, 1.807) is 11.8 Å². The summed E-state index contributed by atoms with van der Waals surface area (Å²) in [4.78, 5) is 12.5. The average molecular weight is 314 g/mol. The molecule has 0 bridgehead atoms. The molecule has 0 aliphatic heterocycles. The van der Waals surface area contributed by atoms with Crippen molar-refractivity contribution >= 4 is 5.91 Å².